The van der Waals surface area contributed by atoms with Gasteiger partial charge in [-0.3, -0.25) is 4.90 Å². The predicted molar refractivity (Wildman–Crippen MR) is 81.3 cm³/mol. The highest BCUT2D eigenvalue weighted by atomic mass is 19.1. The Hall–Kier alpha value is -1.68. The molecule has 0 saturated carbocycles. The molecular formula is C17H22FN3. The molecule has 112 valence electrons. The first-order chi connectivity index (χ1) is 10.2. The van der Waals surface area contributed by atoms with Crippen LogP contribution in [0.3, 0.4) is 0 Å². The van der Waals surface area contributed by atoms with E-state index in [2.05, 4.69) is 21.5 Å². The molecule has 0 N–H and O–H groups in total. The van der Waals surface area contributed by atoms with E-state index < -0.39 is 0 Å². The van der Waals surface area contributed by atoms with Crippen LogP contribution in [-0.2, 0) is 20.0 Å². The lowest BCUT2D eigenvalue weighted by atomic mass is 9.94. The lowest BCUT2D eigenvalue weighted by molar-refractivity contribution is 0.165. The van der Waals surface area contributed by atoms with Crippen LogP contribution in [0.1, 0.15) is 24.2 Å². The molecule has 1 fully saturated rings. The SMILES string of the molecule is Cn1ccnc1C[C@@H]1CCCN(Cc2ccc(F)cc2)C1. The summed E-state index contributed by atoms with van der Waals surface area (Å²) in [7, 11) is 2.06. The minimum absolute atomic E-state index is 0.162. The molecule has 1 saturated heterocycles. The summed E-state index contributed by atoms with van der Waals surface area (Å²) in [5.74, 6) is 1.67. The van der Waals surface area contributed by atoms with Gasteiger partial charge in [0.2, 0.25) is 0 Å². The first kappa shape index (κ1) is 14.3. The Balaban J connectivity index is 1.58. The molecule has 1 aromatic heterocycles. The highest BCUT2D eigenvalue weighted by molar-refractivity contribution is 5.16. The first-order valence-corrected chi connectivity index (χ1v) is 7.64. The fourth-order valence-corrected chi connectivity index (χ4v) is 3.16. The highest BCUT2D eigenvalue weighted by Crippen LogP contribution is 2.21. The molecule has 4 heteroatoms. The summed E-state index contributed by atoms with van der Waals surface area (Å²) >= 11 is 0. The lowest BCUT2D eigenvalue weighted by Crippen LogP contribution is -2.36. The average Bonchev–Trinajstić information content (AvgIpc) is 2.87. The number of halogens is 1. The van der Waals surface area contributed by atoms with Crippen molar-refractivity contribution < 1.29 is 4.39 Å². The molecule has 0 bridgehead atoms. The molecule has 1 aliphatic rings. The number of likely N-dealkylation sites (tertiary alicyclic amines) is 1. The number of hydrogen-bond acceptors (Lipinski definition) is 2. The van der Waals surface area contributed by atoms with Gasteiger partial charge < -0.3 is 4.57 Å². The van der Waals surface area contributed by atoms with Crippen molar-refractivity contribution in [3.8, 4) is 0 Å². The molecule has 1 atom stereocenters. The Morgan fingerprint density at radius 1 is 1.29 bits per heavy atom. The van der Waals surface area contributed by atoms with Gasteiger partial charge in [-0.15, -0.1) is 0 Å². The van der Waals surface area contributed by atoms with Crippen molar-refractivity contribution in [2.24, 2.45) is 13.0 Å². The van der Waals surface area contributed by atoms with Gasteiger partial charge in [0.1, 0.15) is 11.6 Å². The van der Waals surface area contributed by atoms with Gasteiger partial charge in [0.25, 0.3) is 0 Å². The van der Waals surface area contributed by atoms with Gasteiger partial charge in [0.15, 0.2) is 0 Å². The number of hydrogen-bond donors (Lipinski definition) is 0. The number of benzene rings is 1. The van der Waals surface area contributed by atoms with Gasteiger partial charge >= 0.3 is 0 Å². The van der Waals surface area contributed by atoms with Crippen LogP contribution in [0.2, 0.25) is 0 Å². The Kier molecular flexibility index (Phi) is 4.34. The van der Waals surface area contributed by atoms with E-state index in [4.69, 9.17) is 0 Å². The summed E-state index contributed by atoms with van der Waals surface area (Å²) in [5, 5.41) is 0. The Labute approximate surface area is 125 Å². The molecule has 2 aromatic rings. The third-order valence-electron chi connectivity index (χ3n) is 4.31. The normalized spacial score (nSPS) is 19.8. The molecule has 0 unspecified atom stereocenters. The molecule has 1 aliphatic heterocycles. The standard InChI is InChI=1S/C17H22FN3/c1-20-10-8-19-17(20)11-15-3-2-9-21(13-15)12-14-4-6-16(18)7-5-14/h4-8,10,15H,2-3,9,11-13H2,1H3/t15-/m0/s1. The number of aryl methyl sites for hydroxylation is 1. The molecule has 0 spiro atoms. The van der Waals surface area contributed by atoms with Crippen molar-refractivity contribution in [3.05, 3.63) is 53.9 Å². The van der Waals surface area contributed by atoms with Gasteiger partial charge in [0.05, 0.1) is 0 Å². The van der Waals surface area contributed by atoms with E-state index in [0.717, 1.165) is 26.1 Å². The molecule has 3 rings (SSSR count). The molecule has 21 heavy (non-hydrogen) atoms. The van der Waals surface area contributed by atoms with Gasteiger partial charge in [-0.1, -0.05) is 12.1 Å². The van der Waals surface area contributed by atoms with Gasteiger partial charge in [-0.2, -0.15) is 0 Å². The summed E-state index contributed by atoms with van der Waals surface area (Å²) in [5.41, 5.74) is 1.19. The third kappa shape index (κ3) is 3.70. The van der Waals surface area contributed by atoms with Crippen molar-refractivity contribution in [1.82, 2.24) is 14.5 Å². The first-order valence-electron chi connectivity index (χ1n) is 7.64. The summed E-state index contributed by atoms with van der Waals surface area (Å²) < 4.78 is 15.1. The third-order valence-corrected chi connectivity index (χ3v) is 4.31. The van der Waals surface area contributed by atoms with Crippen LogP contribution in [0, 0.1) is 11.7 Å². The van der Waals surface area contributed by atoms with Gasteiger partial charge in [-0.05, 0) is 43.0 Å². The van der Waals surface area contributed by atoms with E-state index >= 15 is 0 Å². The Bertz CT molecular complexity index is 576. The Morgan fingerprint density at radius 2 is 2.10 bits per heavy atom. The second-order valence-electron chi connectivity index (χ2n) is 6.03. The largest absolute Gasteiger partial charge is 0.338 e. The average molecular weight is 287 g/mol. The minimum Gasteiger partial charge on any atom is -0.338 e. The zero-order valence-corrected chi connectivity index (χ0v) is 12.5. The van der Waals surface area contributed by atoms with Crippen LogP contribution in [-0.4, -0.2) is 27.5 Å². The van der Waals surface area contributed by atoms with Crippen molar-refractivity contribution in [1.29, 1.82) is 0 Å². The van der Waals surface area contributed by atoms with E-state index in [0.29, 0.717) is 5.92 Å². The number of nitrogens with zero attached hydrogens (tertiary/aromatic N) is 3. The zero-order valence-electron chi connectivity index (χ0n) is 12.5. The van der Waals surface area contributed by atoms with E-state index in [-0.39, 0.29) is 5.82 Å². The van der Waals surface area contributed by atoms with Crippen LogP contribution in [0.4, 0.5) is 4.39 Å². The van der Waals surface area contributed by atoms with Crippen LogP contribution < -0.4 is 0 Å². The lowest BCUT2D eigenvalue weighted by Gasteiger charge is -2.32. The number of piperidine rings is 1. The molecule has 0 aliphatic carbocycles. The predicted octanol–water partition coefficient (Wildman–Crippen LogP) is 3.01. The zero-order chi connectivity index (χ0) is 14.7. The van der Waals surface area contributed by atoms with Crippen molar-refractivity contribution >= 4 is 0 Å². The smallest absolute Gasteiger partial charge is 0.123 e. The molecule has 1 aromatic carbocycles. The fourth-order valence-electron chi connectivity index (χ4n) is 3.16. The minimum atomic E-state index is -0.162. The van der Waals surface area contributed by atoms with Gasteiger partial charge in [0, 0.05) is 39.0 Å². The maximum Gasteiger partial charge on any atom is 0.123 e. The Morgan fingerprint density at radius 3 is 2.81 bits per heavy atom. The number of aromatic nitrogens is 2. The summed E-state index contributed by atoms with van der Waals surface area (Å²) in [6, 6.07) is 6.87. The number of imidazole rings is 1. The maximum absolute atomic E-state index is 13.0. The van der Waals surface area contributed by atoms with E-state index in [9.17, 15) is 4.39 Å². The topological polar surface area (TPSA) is 21.1 Å². The van der Waals surface area contributed by atoms with E-state index in [1.54, 1.807) is 12.1 Å². The maximum atomic E-state index is 13.0. The summed E-state index contributed by atoms with van der Waals surface area (Å²) in [4.78, 5) is 6.91. The second-order valence-corrected chi connectivity index (χ2v) is 6.03. The molecule has 3 nitrogen and oxygen atoms in total. The van der Waals surface area contributed by atoms with Crippen LogP contribution >= 0.6 is 0 Å². The second kappa shape index (κ2) is 6.39. The van der Waals surface area contributed by atoms with Crippen molar-refractivity contribution in [3.63, 3.8) is 0 Å². The van der Waals surface area contributed by atoms with E-state index in [1.165, 1.54) is 24.2 Å². The fraction of sp³-hybridized carbons (Fsp3) is 0.471. The van der Waals surface area contributed by atoms with Crippen LogP contribution in [0.15, 0.2) is 36.7 Å². The van der Waals surface area contributed by atoms with Crippen molar-refractivity contribution in [2.75, 3.05) is 13.1 Å². The molecule has 2 heterocycles. The van der Waals surface area contributed by atoms with E-state index in [1.807, 2.05) is 24.5 Å². The quantitative estimate of drug-likeness (QED) is 0.862. The highest BCUT2D eigenvalue weighted by Gasteiger charge is 2.21. The summed E-state index contributed by atoms with van der Waals surface area (Å²) in [6.07, 6.45) is 7.43. The number of rotatable bonds is 4. The summed E-state index contributed by atoms with van der Waals surface area (Å²) in [6.45, 7) is 3.15. The van der Waals surface area contributed by atoms with Gasteiger partial charge in [-0.25, -0.2) is 9.37 Å². The van der Waals surface area contributed by atoms with Crippen LogP contribution in [0.25, 0.3) is 0 Å². The molecular weight excluding hydrogens is 265 g/mol. The molecule has 0 amide bonds. The van der Waals surface area contributed by atoms with Crippen LogP contribution in [0.5, 0.6) is 0 Å². The monoisotopic (exact) mass is 287 g/mol. The van der Waals surface area contributed by atoms with Crippen molar-refractivity contribution in [2.45, 2.75) is 25.8 Å². The molecule has 0 radical (unpaired) electrons.